The molecule has 0 aliphatic rings. The fourth-order valence-electron chi connectivity index (χ4n) is 1.58. The van der Waals surface area contributed by atoms with Crippen LogP contribution in [-0.2, 0) is 4.79 Å². The number of hydrogen-bond donors (Lipinski definition) is 4. The van der Waals surface area contributed by atoms with Crippen molar-refractivity contribution in [2.75, 3.05) is 5.32 Å². The molecular weight excluding hydrogens is 236 g/mol. The fourth-order valence-corrected chi connectivity index (χ4v) is 1.58. The number of rotatable bonds is 2. The minimum Gasteiger partial charge on any atom is -0.324 e. The monoisotopic (exact) mass is 248 g/mol. The van der Waals surface area contributed by atoms with Gasteiger partial charge in [0.05, 0.1) is 22.5 Å². The molecule has 0 saturated heterocycles. The van der Waals surface area contributed by atoms with Gasteiger partial charge in [0.2, 0.25) is 5.91 Å². The summed E-state index contributed by atoms with van der Waals surface area (Å²) in [6.07, 6.45) is 0. The maximum Gasteiger partial charge on any atom is 0.272 e. The zero-order chi connectivity index (χ0) is 13.3. The third-order valence-electron chi connectivity index (χ3n) is 2.50. The van der Waals surface area contributed by atoms with E-state index < -0.39 is 23.1 Å². The second kappa shape index (κ2) is 4.46. The summed E-state index contributed by atoms with van der Waals surface area (Å²) < 4.78 is 0. The summed E-state index contributed by atoms with van der Waals surface area (Å²) in [4.78, 5) is 34.8. The van der Waals surface area contributed by atoms with E-state index in [9.17, 15) is 14.4 Å². The van der Waals surface area contributed by atoms with E-state index in [2.05, 4.69) is 15.5 Å². The normalized spacial score (nSPS) is 12.3. The Morgan fingerprint density at radius 1 is 1.28 bits per heavy atom. The van der Waals surface area contributed by atoms with Crippen molar-refractivity contribution in [2.24, 2.45) is 5.73 Å². The van der Waals surface area contributed by atoms with Crippen LogP contribution in [0.1, 0.15) is 6.92 Å². The van der Waals surface area contributed by atoms with Crippen molar-refractivity contribution in [3.8, 4) is 0 Å². The van der Waals surface area contributed by atoms with Crippen LogP contribution in [0.25, 0.3) is 10.8 Å². The van der Waals surface area contributed by atoms with E-state index in [0.717, 1.165) is 0 Å². The number of carbonyl (C=O) groups is 1. The molecule has 1 unspecified atom stereocenters. The topological polar surface area (TPSA) is 121 Å². The molecule has 0 radical (unpaired) electrons. The number of carbonyl (C=O) groups excluding carboxylic acids is 1. The first kappa shape index (κ1) is 12.1. The number of H-pyrrole nitrogens is 2. The van der Waals surface area contributed by atoms with Gasteiger partial charge in [-0.15, -0.1) is 0 Å². The lowest BCUT2D eigenvalue weighted by Gasteiger charge is -2.09. The Morgan fingerprint density at radius 2 is 1.94 bits per heavy atom. The molecule has 2 aromatic rings. The van der Waals surface area contributed by atoms with Gasteiger partial charge in [-0.3, -0.25) is 24.6 Å². The molecule has 2 rings (SSSR count). The summed E-state index contributed by atoms with van der Waals surface area (Å²) in [7, 11) is 0. The highest BCUT2D eigenvalue weighted by Crippen LogP contribution is 2.16. The lowest BCUT2D eigenvalue weighted by molar-refractivity contribution is -0.117. The molecule has 0 saturated carbocycles. The molecule has 1 amide bonds. The van der Waals surface area contributed by atoms with Crippen LogP contribution in [0.5, 0.6) is 0 Å². The lowest BCUT2D eigenvalue weighted by atomic mass is 10.1. The number of anilines is 1. The van der Waals surface area contributed by atoms with Gasteiger partial charge in [-0.05, 0) is 19.1 Å². The molecule has 94 valence electrons. The highest BCUT2D eigenvalue weighted by molar-refractivity contribution is 6.02. The Kier molecular flexibility index (Phi) is 2.99. The van der Waals surface area contributed by atoms with E-state index in [1.807, 2.05) is 0 Å². The van der Waals surface area contributed by atoms with Crippen LogP contribution in [-0.4, -0.2) is 22.1 Å². The maximum atomic E-state index is 11.7. The summed E-state index contributed by atoms with van der Waals surface area (Å²) in [5.74, 6) is -0.429. The summed E-state index contributed by atoms with van der Waals surface area (Å²) in [6.45, 7) is 1.53. The van der Waals surface area contributed by atoms with Gasteiger partial charge in [-0.25, -0.2) is 0 Å². The summed E-state index contributed by atoms with van der Waals surface area (Å²) in [5.41, 5.74) is 4.79. The van der Waals surface area contributed by atoms with Crippen LogP contribution in [0.15, 0.2) is 27.8 Å². The number of benzene rings is 1. The van der Waals surface area contributed by atoms with Crippen molar-refractivity contribution in [2.45, 2.75) is 13.0 Å². The Labute approximate surface area is 101 Å². The van der Waals surface area contributed by atoms with E-state index in [0.29, 0.717) is 0 Å². The summed E-state index contributed by atoms with van der Waals surface area (Å²) >= 11 is 0. The molecule has 0 aliphatic heterocycles. The number of hydrogen-bond acceptors (Lipinski definition) is 4. The number of aromatic amines is 2. The van der Waals surface area contributed by atoms with Crippen LogP contribution < -0.4 is 22.2 Å². The van der Waals surface area contributed by atoms with Crippen LogP contribution in [0.4, 0.5) is 5.69 Å². The molecular formula is C11H12N4O3. The summed E-state index contributed by atoms with van der Waals surface area (Å²) in [6, 6.07) is 3.91. The molecule has 1 aromatic carbocycles. The zero-order valence-electron chi connectivity index (χ0n) is 9.61. The fraction of sp³-hybridized carbons (Fsp3) is 0.182. The zero-order valence-corrected chi connectivity index (χ0v) is 9.61. The summed E-state index contributed by atoms with van der Waals surface area (Å²) in [5, 5.41) is 7.28. The van der Waals surface area contributed by atoms with Gasteiger partial charge in [0.25, 0.3) is 11.1 Å². The van der Waals surface area contributed by atoms with Crippen molar-refractivity contribution in [3.63, 3.8) is 0 Å². The molecule has 0 fully saturated rings. The van der Waals surface area contributed by atoms with Crippen LogP contribution in [0.2, 0.25) is 0 Å². The Morgan fingerprint density at radius 3 is 2.61 bits per heavy atom. The molecule has 0 aliphatic carbocycles. The van der Waals surface area contributed by atoms with E-state index in [1.165, 1.54) is 19.1 Å². The number of aromatic nitrogens is 2. The number of nitrogens with one attached hydrogen (secondary N) is 3. The van der Waals surface area contributed by atoms with Gasteiger partial charge in [0.15, 0.2) is 0 Å². The van der Waals surface area contributed by atoms with Crippen molar-refractivity contribution < 1.29 is 4.79 Å². The van der Waals surface area contributed by atoms with Crippen molar-refractivity contribution in [3.05, 3.63) is 38.9 Å². The molecule has 1 aromatic heterocycles. The number of fused-ring (bicyclic) bond motifs is 1. The second-order valence-electron chi connectivity index (χ2n) is 3.91. The van der Waals surface area contributed by atoms with Crippen molar-refractivity contribution >= 4 is 22.4 Å². The lowest BCUT2D eigenvalue weighted by Crippen LogP contribution is -2.33. The average molecular weight is 248 g/mol. The smallest absolute Gasteiger partial charge is 0.272 e. The molecule has 1 heterocycles. The maximum absolute atomic E-state index is 11.7. The molecule has 7 heteroatoms. The van der Waals surface area contributed by atoms with Gasteiger partial charge in [-0.1, -0.05) is 6.07 Å². The number of amides is 1. The van der Waals surface area contributed by atoms with Crippen LogP contribution >= 0.6 is 0 Å². The first-order valence-corrected chi connectivity index (χ1v) is 5.31. The van der Waals surface area contributed by atoms with Crippen LogP contribution in [0, 0.1) is 0 Å². The minimum absolute atomic E-state index is 0.134. The van der Waals surface area contributed by atoms with Crippen molar-refractivity contribution in [1.29, 1.82) is 0 Å². The van der Waals surface area contributed by atoms with Gasteiger partial charge < -0.3 is 11.1 Å². The van der Waals surface area contributed by atoms with Crippen LogP contribution in [0.3, 0.4) is 0 Å². The predicted octanol–water partition coefficient (Wildman–Crippen LogP) is -0.498. The van der Waals surface area contributed by atoms with Gasteiger partial charge in [0.1, 0.15) is 0 Å². The Balaban J connectivity index is 2.66. The predicted molar refractivity (Wildman–Crippen MR) is 67.5 cm³/mol. The average Bonchev–Trinajstić information content (AvgIpc) is 2.34. The van der Waals surface area contributed by atoms with Gasteiger partial charge in [-0.2, -0.15) is 0 Å². The number of nitrogens with two attached hydrogens (primary N) is 1. The van der Waals surface area contributed by atoms with E-state index >= 15 is 0 Å². The second-order valence-corrected chi connectivity index (χ2v) is 3.91. The van der Waals surface area contributed by atoms with Gasteiger partial charge >= 0.3 is 0 Å². The Bertz CT molecular complexity index is 714. The minimum atomic E-state index is -0.707. The quantitative estimate of drug-likeness (QED) is 0.572. The molecule has 0 spiro atoms. The standard InChI is InChI=1S/C11H12N4O3/c1-5(12)9(16)13-7-4-2-3-6-8(7)11(18)15-14-10(6)17/h2-5H,12H2,1H3,(H,13,16)(H,14,17)(H,15,18). The molecule has 18 heavy (non-hydrogen) atoms. The SMILES string of the molecule is CC(N)C(=O)Nc1cccc2c(=O)[nH][nH]c(=O)c12. The first-order chi connectivity index (χ1) is 8.50. The highest BCUT2D eigenvalue weighted by atomic mass is 16.2. The third-order valence-corrected chi connectivity index (χ3v) is 2.50. The highest BCUT2D eigenvalue weighted by Gasteiger charge is 2.12. The van der Waals surface area contributed by atoms with E-state index in [1.54, 1.807) is 6.07 Å². The molecule has 1 atom stereocenters. The van der Waals surface area contributed by atoms with Gasteiger partial charge in [0, 0.05) is 0 Å². The Hall–Kier alpha value is -2.41. The molecule has 7 nitrogen and oxygen atoms in total. The molecule has 5 N–H and O–H groups in total. The third kappa shape index (κ3) is 2.03. The molecule has 0 bridgehead atoms. The van der Waals surface area contributed by atoms with E-state index in [-0.39, 0.29) is 16.5 Å². The first-order valence-electron chi connectivity index (χ1n) is 5.31. The largest absolute Gasteiger partial charge is 0.324 e. The van der Waals surface area contributed by atoms with Crippen molar-refractivity contribution in [1.82, 2.24) is 10.2 Å². The van der Waals surface area contributed by atoms with E-state index in [4.69, 9.17) is 5.73 Å².